The summed E-state index contributed by atoms with van der Waals surface area (Å²) in [6, 6.07) is 4.58. The van der Waals surface area contributed by atoms with Crippen LogP contribution < -0.4 is 10.5 Å². The van der Waals surface area contributed by atoms with Gasteiger partial charge in [-0.3, -0.25) is 0 Å². The number of hydrogen-bond donors (Lipinski definition) is 1. The van der Waals surface area contributed by atoms with E-state index < -0.39 is 0 Å². The Morgan fingerprint density at radius 3 is 2.33 bits per heavy atom. The number of halogens is 1. The molecule has 0 radical (unpaired) electrons. The van der Waals surface area contributed by atoms with Crippen molar-refractivity contribution in [2.75, 3.05) is 6.61 Å². The second-order valence-corrected chi connectivity index (χ2v) is 4.77. The molecule has 0 spiro atoms. The van der Waals surface area contributed by atoms with Gasteiger partial charge >= 0.3 is 0 Å². The summed E-state index contributed by atoms with van der Waals surface area (Å²) >= 11 is 0. The van der Waals surface area contributed by atoms with E-state index in [1.165, 1.54) is 16.7 Å². The van der Waals surface area contributed by atoms with E-state index in [4.69, 9.17) is 10.5 Å². The average molecular weight is 272 g/mol. The molecule has 0 saturated heterocycles. The van der Waals surface area contributed by atoms with Gasteiger partial charge < -0.3 is 10.5 Å². The molecule has 1 aromatic rings. The maximum atomic E-state index is 6.04. The predicted molar refractivity (Wildman–Crippen MR) is 80.9 cm³/mol. The second-order valence-electron chi connectivity index (χ2n) is 4.77. The molecule has 2 N–H and O–H groups in total. The van der Waals surface area contributed by atoms with E-state index in [0.29, 0.717) is 0 Å². The van der Waals surface area contributed by atoms with Crippen molar-refractivity contribution in [3.8, 4) is 5.75 Å². The Morgan fingerprint density at radius 2 is 1.78 bits per heavy atom. The summed E-state index contributed by atoms with van der Waals surface area (Å²) in [6.07, 6.45) is 2.93. The van der Waals surface area contributed by atoms with Gasteiger partial charge in [0.1, 0.15) is 5.75 Å². The Labute approximate surface area is 117 Å². The van der Waals surface area contributed by atoms with Gasteiger partial charge in [-0.25, -0.2) is 0 Å². The SMILES string of the molecule is CCCOc1cc(C)c(C)cc1CC(N)CC.Cl. The summed E-state index contributed by atoms with van der Waals surface area (Å²) < 4.78 is 5.81. The first-order chi connectivity index (χ1) is 8.08. The third kappa shape index (κ3) is 4.87. The fourth-order valence-electron chi connectivity index (χ4n) is 1.78. The summed E-state index contributed by atoms with van der Waals surface area (Å²) in [5.41, 5.74) is 9.88. The first-order valence-electron chi connectivity index (χ1n) is 6.57. The highest BCUT2D eigenvalue weighted by atomic mass is 35.5. The van der Waals surface area contributed by atoms with Crippen LogP contribution in [0.25, 0.3) is 0 Å². The zero-order chi connectivity index (χ0) is 12.8. The lowest BCUT2D eigenvalue weighted by Gasteiger charge is -2.16. The van der Waals surface area contributed by atoms with E-state index in [1.54, 1.807) is 0 Å². The topological polar surface area (TPSA) is 35.2 Å². The van der Waals surface area contributed by atoms with Crippen molar-refractivity contribution < 1.29 is 4.74 Å². The number of nitrogens with two attached hydrogens (primary N) is 1. The molecule has 0 aromatic heterocycles. The molecule has 0 bridgehead atoms. The molecule has 1 aromatic carbocycles. The predicted octanol–water partition coefficient (Wildman–Crippen LogP) is 3.79. The summed E-state index contributed by atoms with van der Waals surface area (Å²) in [5.74, 6) is 1.01. The molecule has 0 heterocycles. The Balaban J connectivity index is 0.00000289. The minimum absolute atomic E-state index is 0. The van der Waals surface area contributed by atoms with Gasteiger partial charge in [0.15, 0.2) is 0 Å². The standard InChI is InChI=1S/C15H25NO.ClH/c1-5-7-17-15-9-12(4)11(3)8-13(15)10-14(16)6-2;/h8-9,14H,5-7,10,16H2,1-4H3;1H. The van der Waals surface area contributed by atoms with Crippen LogP contribution in [0.5, 0.6) is 5.75 Å². The van der Waals surface area contributed by atoms with Gasteiger partial charge in [0, 0.05) is 6.04 Å². The largest absolute Gasteiger partial charge is 0.493 e. The molecule has 0 fully saturated rings. The van der Waals surface area contributed by atoms with Gasteiger partial charge in [0.2, 0.25) is 0 Å². The summed E-state index contributed by atoms with van der Waals surface area (Å²) in [4.78, 5) is 0. The van der Waals surface area contributed by atoms with Crippen molar-refractivity contribution in [2.24, 2.45) is 5.73 Å². The molecular weight excluding hydrogens is 246 g/mol. The Hall–Kier alpha value is -0.730. The Morgan fingerprint density at radius 1 is 1.17 bits per heavy atom. The molecule has 0 aliphatic heterocycles. The molecule has 0 aliphatic rings. The van der Waals surface area contributed by atoms with Crippen LogP contribution in [0.4, 0.5) is 0 Å². The van der Waals surface area contributed by atoms with Crippen LogP contribution in [0.3, 0.4) is 0 Å². The molecule has 0 amide bonds. The molecule has 1 rings (SSSR count). The summed E-state index contributed by atoms with van der Waals surface area (Å²) in [6.45, 7) is 9.28. The highest BCUT2D eigenvalue weighted by Gasteiger charge is 2.10. The van der Waals surface area contributed by atoms with Crippen LogP contribution in [-0.2, 0) is 6.42 Å². The van der Waals surface area contributed by atoms with E-state index >= 15 is 0 Å². The third-order valence-electron chi connectivity index (χ3n) is 3.15. The van der Waals surface area contributed by atoms with E-state index in [1.807, 2.05) is 0 Å². The van der Waals surface area contributed by atoms with Crippen LogP contribution in [0.1, 0.15) is 43.4 Å². The molecule has 104 valence electrons. The second kappa shape index (κ2) is 8.39. The van der Waals surface area contributed by atoms with E-state index in [2.05, 4.69) is 39.8 Å². The summed E-state index contributed by atoms with van der Waals surface area (Å²) in [5, 5.41) is 0. The minimum Gasteiger partial charge on any atom is -0.493 e. The molecule has 1 atom stereocenters. The van der Waals surface area contributed by atoms with Crippen LogP contribution in [-0.4, -0.2) is 12.6 Å². The number of rotatable bonds is 6. The Kier molecular flexibility index (Phi) is 8.05. The van der Waals surface area contributed by atoms with Crippen molar-refractivity contribution in [1.29, 1.82) is 0 Å². The van der Waals surface area contributed by atoms with Crippen LogP contribution >= 0.6 is 12.4 Å². The lowest BCUT2D eigenvalue weighted by atomic mass is 9.99. The van der Waals surface area contributed by atoms with Crippen LogP contribution in [0.2, 0.25) is 0 Å². The van der Waals surface area contributed by atoms with Crippen molar-refractivity contribution in [3.05, 3.63) is 28.8 Å². The number of benzene rings is 1. The highest BCUT2D eigenvalue weighted by molar-refractivity contribution is 5.85. The van der Waals surface area contributed by atoms with Gasteiger partial charge in [-0.2, -0.15) is 0 Å². The first kappa shape index (κ1) is 17.3. The van der Waals surface area contributed by atoms with Gasteiger partial charge in [-0.05, 0) is 55.9 Å². The lowest BCUT2D eigenvalue weighted by molar-refractivity contribution is 0.313. The lowest BCUT2D eigenvalue weighted by Crippen LogP contribution is -2.22. The maximum absolute atomic E-state index is 6.04. The number of aryl methyl sites for hydroxylation is 2. The fraction of sp³-hybridized carbons (Fsp3) is 0.600. The van der Waals surface area contributed by atoms with Crippen molar-refractivity contribution in [2.45, 2.75) is 53.0 Å². The zero-order valence-corrected chi connectivity index (χ0v) is 12.8. The molecule has 1 unspecified atom stereocenters. The highest BCUT2D eigenvalue weighted by Crippen LogP contribution is 2.25. The average Bonchev–Trinajstić information content (AvgIpc) is 2.31. The zero-order valence-electron chi connectivity index (χ0n) is 12.0. The molecule has 18 heavy (non-hydrogen) atoms. The number of hydrogen-bond acceptors (Lipinski definition) is 2. The van der Waals surface area contributed by atoms with E-state index in [-0.39, 0.29) is 18.4 Å². The normalized spacial score (nSPS) is 11.8. The maximum Gasteiger partial charge on any atom is 0.122 e. The fourth-order valence-corrected chi connectivity index (χ4v) is 1.78. The molecule has 0 saturated carbocycles. The van der Waals surface area contributed by atoms with Gasteiger partial charge in [0.25, 0.3) is 0 Å². The molecule has 0 aliphatic carbocycles. The van der Waals surface area contributed by atoms with Gasteiger partial charge in [0.05, 0.1) is 6.61 Å². The monoisotopic (exact) mass is 271 g/mol. The molecule has 3 heteroatoms. The number of ether oxygens (including phenoxy) is 1. The third-order valence-corrected chi connectivity index (χ3v) is 3.15. The Bertz CT molecular complexity index is 366. The smallest absolute Gasteiger partial charge is 0.122 e. The summed E-state index contributed by atoms with van der Waals surface area (Å²) in [7, 11) is 0. The van der Waals surface area contributed by atoms with Gasteiger partial charge in [-0.1, -0.05) is 19.9 Å². The first-order valence-corrected chi connectivity index (χ1v) is 6.57. The van der Waals surface area contributed by atoms with E-state index in [9.17, 15) is 0 Å². The van der Waals surface area contributed by atoms with Crippen molar-refractivity contribution in [3.63, 3.8) is 0 Å². The van der Waals surface area contributed by atoms with Crippen LogP contribution in [0.15, 0.2) is 12.1 Å². The van der Waals surface area contributed by atoms with Crippen LogP contribution in [0, 0.1) is 13.8 Å². The quantitative estimate of drug-likeness (QED) is 0.854. The minimum atomic E-state index is 0. The molecular formula is C15H26ClNO. The van der Waals surface area contributed by atoms with Crippen molar-refractivity contribution in [1.82, 2.24) is 0 Å². The molecule has 2 nitrogen and oxygen atoms in total. The van der Waals surface area contributed by atoms with E-state index in [0.717, 1.165) is 31.6 Å². The van der Waals surface area contributed by atoms with Crippen molar-refractivity contribution >= 4 is 12.4 Å². The van der Waals surface area contributed by atoms with Gasteiger partial charge in [-0.15, -0.1) is 12.4 Å².